The zero-order valence-corrected chi connectivity index (χ0v) is 11.5. The Morgan fingerprint density at radius 2 is 1.94 bits per heavy atom. The molecule has 0 bridgehead atoms. The number of rotatable bonds is 8. The third-order valence-electron chi connectivity index (χ3n) is 2.55. The van der Waals surface area contributed by atoms with Gasteiger partial charge >= 0.3 is 12.0 Å². The molecule has 0 rings (SSSR count). The predicted octanol–water partition coefficient (Wildman–Crippen LogP) is 1.54. The van der Waals surface area contributed by atoms with Crippen molar-refractivity contribution in [1.82, 2.24) is 10.6 Å². The molecular weight excluding hydrogens is 240 g/mol. The van der Waals surface area contributed by atoms with E-state index >= 15 is 0 Å². The second kappa shape index (κ2) is 9.15. The number of thioether (sulfide) groups is 1. The number of urea groups is 1. The van der Waals surface area contributed by atoms with E-state index in [4.69, 9.17) is 5.11 Å². The summed E-state index contributed by atoms with van der Waals surface area (Å²) in [6.45, 7) is 3.97. The molecule has 6 heteroatoms. The van der Waals surface area contributed by atoms with E-state index in [0.717, 1.165) is 12.2 Å². The lowest BCUT2D eigenvalue weighted by Gasteiger charge is -2.17. The Kier molecular flexibility index (Phi) is 8.66. The fraction of sp³-hybridized carbons (Fsp3) is 0.818. The Morgan fingerprint density at radius 3 is 2.35 bits per heavy atom. The molecule has 2 unspecified atom stereocenters. The summed E-state index contributed by atoms with van der Waals surface area (Å²) >= 11 is 1.67. The number of amides is 2. The maximum absolute atomic E-state index is 11.5. The van der Waals surface area contributed by atoms with Gasteiger partial charge in [-0.25, -0.2) is 4.79 Å². The first kappa shape index (κ1) is 16.1. The second-order valence-corrected chi connectivity index (χ2v) is 4.77. The van der Waals surface area contributed by atoms with E-state index in [-0.39, 0.29) is 18.6 Å². The molecule has 0 saturated heterocycles. The molecule has 0 aromatic rings. The van der Waals surface area contributed by atoms with E-state index < -0.39 is 11.9 Å². The summed E-state index contributed by atoms with van der Waals surface area (Å²) < 4.78 is 0. The van der Waals surface area contributed by atoms with Crippen LogP contribution >= 0.6 is 11.8 Å². The predicted molar refractivity (Wildman–Crippen MR) is 70.4 cm³/mol. The first-order valence-electron chi connectivity index (χ1n) is 5.81. The summed E-state index contributed by atoms with van der Waals surface area (Å²) in [7, 11) is 0. The van der Waals surface area contributed by atoms with Crippen LogP contribution in [0.5, 0.6) is 0 Å². The molecule has 3 N–H and O–H groups in total. The minimum atomic E-state index is -0.871. The Morgan fingerprint density at radius 1 is 1.29 bits per heavy atom. The molecule has 0 saturated carbocycles. The molecule has 5 nitrogen and oxygen atoms in total. The summed E-state index contributed by atoms with van der Waals surface area (Å²) in [6, 6.07) is -0.152. The molecule has 17 heavy (non-hydrogen) atoms. The second-order valence-electron chi connectivity index (χ2n) is 3.86. The lowest BCUT2D eigenvalue weighted by molar-refractivity contribution is -0.141. The molecule has 0 spiro atoms. The van der Waals surface area contributed by atoms with E-state index in [2.05, 4.69) is 10.6 Å². The zero-order valence-electron chi connectivity index (χ0n) is 10.7. The van der Waals surface area contributed by atoms with E-state index in [9.17, 15) is 9.59 Å². The molecule has 2 atom stereocenters. The molecule has 0 aliphatic carbocycles. The largest absolute Gasteiger partial charge is 0.481 e. The molecular formula is C11H22N2O3S. The van der Waals surface area contributed by atoms with Gasteiger partial charge in [0.05, 0.1) is 5.92 Å². The van der Waals surface area contributed by atoms with Gasteiger partial charge in [0.15, 0.2) is 0 Å². The van der Waals surface area contributed by atoms with E-state index in [1.54, 1.807) is 18.7 Å². The first-order chi connectivity index (χ1) is 8.04. The van der Waals surface area contributed by atoms with Crippen LogP contribution in [0.1, 0.15) is 26.7 Å². The van der Waals surface area contributed by atoms with Crippen molar-refractivity contribution in [3.63, 3.8) is 0 Å². The highest BCUT2D eigenvalue weighted by Gasteiger charge is 2.16. The Hall–Kier alpha value is -0.910. The van der Waals surface area contributed by atoms with Gasteiger partial charge in [-0.1, -0.05) is 13.8 Å². The van der Waals surface area contributed by atoms with Crippen molar-refractivity contribution in [2.75, 3.05) is 18.6 Å². The van der Waals surface area contributed by atoms with E-state index in [1.807, 2.05) is 13.2 Å². The number of nitrogens with one attached hydrogen (secondary N) is 2. The van der Waals surface area contributed by atoms with Crippen LogP contribution in [-0.2, 0) is 4.79 Å². The zero-order chi connectivity index (χ0) is 13.3. The van der Waals surface area contributed by atoms with Crippen LogP contribution in [0.3, 0.4) is 0 Å². The Bertz CT molecular complexity index is 249. The molecule has 0 aliphatic heterocycles. The number of carboxylic acids is 1. The number of carbonyl (C=O) groups excluding carboxylic acids is 1. The SMILES string of the molecule is CCC(CSC)NC(=O)NCC(CC)C(=O)O. The number of carboxylic acid groups (broad SMARTS) is 1. The highest BCUT2D eigenvalue weighted by molar-refractivity contribution is 7.98. The van der Waals surface area contributed by atoms with Gasteiger partial charge in [-0.2, -0.15) is 11.8 Å². The summed E-state index contributed by atoms with van der Waals surface area (Å²) in [6.07, 6.45) is 3.36. The summed E-state index contributed by atoms with van der Waals surface area (Å²) in [5, 5.41) is 14.2. The molecule has 100 valence electrons. The standard InChI is InChI=1S/C11H22N2O3S/c1-4-8(10(14)15)6-12-11(16)13-9(5-2)7-17-3/h8-9H,4-7H2,1-3H3,(H,14,15)(H2,12,13,16). The highest BCUT2D eigenvalue weighted by Crippen LogP contribution is 2.02. The monoisotopic (exact) mass is 262 g/mol. The van der Waals surface area contributed by atoms with Crippen molar-refractivity contribution in [3.8, 4) is 0 Å². The fourth-order valence-electron chi connectivity index (χ4n) is 1.32. The molecule has 0 aromatic heterocycles. The highest BCUT2D eigenvalue weighted by atomic mass is 32.2. The van der Waals surface area contributed by atoms with Crippen LogP contribution in [0.25, 0.3) is 0 Å². The third-order valence-corrected chi connectivity index (χ3v) is 3.28. The van der Waals surface area contributed by atoms with Crippen molar-refractivity contribution >= 4 is 23.8 Å². The molecule has 0 heterocycles. The number of carbonyl (C=O) groups is 2. The maximum atomic E-state index is 11.5. The van der Waals surface area contributed by atoms with Crippen molar-refractivity contribution < 1.29 is 14.7 Å². The van der Waals surface area contributed by atoms with Gasteiger partial charge in [0.25, 0.3) is 0 Å². The quantitative estimate of drug-likeness (QED) is 0.620. The van der Waals surface area contributed by atoms with Gasteiger partial charge < -0.3 is 15.7 Å². The Balaban J connectivity index is 3.96. The Labute approximate surface area is 107 Å². The van der Waals surface area contributed by atoms with Gasteiger partial charge in [0.2, 0.25) is 0 Å². The van der Waals surface area contributed by atoms with Crippen LogP contribution < -0.4 is 10.6 Å². The fourth-order valence-corrected chi connectivity index (χ4v) is 2.04. The van der Waals surface area contributed by atoms with Crippen molar-refractivity contribution in [2.45, 2.75) is 32.7 Å². The summed E-state index contributed by atoms with van der Waals surface area (Å²) in [5.41, 5.74) is 0. The number of hydrogen-bond donors (Lipinski definition) is 3. The van der Waals surface area contributed by atoms with E-state index in [1.165, 1.54) is 0 Å². The minimum absolute atomic E-state index is 0.134. The summed E-state index contributed by atoms with van der Waals surface area (Å²) in [5.74, 6) is -0.523. The van der Waals surface area contributed by atoms with Gasteiger partial charge in [-0.05, 0) is 19.1 Å². The van der Waals surface area contributed by atoms with Crippen LogP contribution in [0.2, 0.25) is 0 Å². The average molecular weight is 262 g/mol. The smallest absolute Gasteiger partial charge is 0.315 e. The number of aliphatic carboxylic acids is 1. The first-order valence-corrected chi connectivity index (χ1v) is 7.20. The minimum Gasteiger partial charge on any atom is -0.481 e. The van der Waals surface area contributed by atoms with Gasteiger partial charge in [-0.15, -0.1) is 0 Å². The normalized spacial score (nSPS) is 13.8. The van der Waals surface area contributed by atoms with Gasteiger partial charge in [0.1, 0.15) is 0 Å². The molecule has 0 fully saturated rings. The van der Waals surface area contributed by atoms with Gasteiger partial charge in [-0.3, -0.25) is 4.79 Å². The van der Waals surface area contributed by atoms with Crippen molar-refractivity contribution in [2.24, 2.45) is 5.92 Å². The van der Waals surface area contributed by atoms with Gasteiger partial charge in [0, 0.05) is 18.3 Å². The summed E-state index contributed by atoms with van der Waals surface area (Å²) in [4.78, 5) is 22.3. The maximum Gasteiger partial charge on any atom is 0.315 e. The third kappa shape index (κ3) is 7.10. The van der Waals surface area contributed by atoms with E-state index in [0.29, 0.717) is 6.42 Å². The number of hydrogen-bond acceptors (Lipinski definition) is 3. The van der Waals surface area contributed by atoms with Crippen molar-refractivity contribution in [1.29, 1.82) is 0 Å². The van der Waals surface area contributed by atoms with Crippen LogP contribution in [-0.4, -0.2) is 41.7 Å². The lowest BCUT2D eigenvalue weighted by Crippen LogP contribution is -2.45. The van der Waals surface area contributed by atoms with Crippen LogP contribution in [0, 0.1) is 5.92 Å². The topological polar surface area (TPSA) is 78.4 Å². The molecule has 2 amide bonds. The average Bonchev–Trinajstić information content (AvgIpc) is 2.28. The van der Waals surface area contributed by atoms with Crippen molar-refractivity contribution in [3.05, 3.63) is 0 Å². The van der Waals surface area contributed by atoms with Crippen LogP contribution in [0.4, 0.5) is 4.79 Å². The molecule has 0 aliphatic rings. The molecule has 0 radical (unpaired) electrons. The molecule has 0 aromatic carbocycles. The van der Waals surface area contributed by atoms with Crippen LogP contribution in [0.15, 0.2) is 0 Å². The lowest BCUT2D eigenvalue weighted by atomic mass is 10.1.